The Morgan fingerprint density at radius 2 is 1.62 bits per heavy atom. The molecule has 0 aliphatic heterocycles. The van der Waals surface area contributed by atoms with E-state index in [1.807, 2.05) is 67.6 Å². The van der Waals surface area contributed by atoms with E-state index in [0.717, 1.165) is 16.3 Å². The molecule has 0 aliphatic carbocycles. The first-order valence-corrected chi connectivity index (χ1v) is 11.0. The Labute approximate surface area is 197 Å². The average molecular weight is 453 g/mol. The number of hydrogen-bond donors (Lipinski definition) is 1. The number of carbonyl (C=O) groups is 2. The molecule has 0 radical (unpaired) electrons. The van der Waals surface area contributed by atoms with Crippen molar-refractivity contribution in [2.45, 2.75) is 13.3 Å². The number of nitrogens with zero attached hydrogens (tertiary/aromatic N) is 1. The van der Waals surface area contributed by atoms with Gasteiger partial charge in [-0.15, -0.1) is 0 Å². The molecule has 1 N–H and O–H groups in total. The average Bonchev–Trinajstić information content (AvgIpc) is 2.86. The van der Waals surface area contributed by atoms with Gasteiger partial charge in [-0.25, -0.2) is 10.2 Å². The van der Waals surface area contributed by atoms with Gasteiger partial charge in [0.05, 0.1) is 24.8 Å². The van der Waals surface area contributed by atoms with Gasteiger partial charge < -0.3 is 9.47 Å². The number of ether oxygens (including phenoxy) is 2. The van der Waals surface area contributed by atoms with E-state index in [-0.39, 0.29) is 12.3 Å². The number of fused-ring (bicyclic) bond motifs is 1. The number of nitrogens with one attached hydrogen (secondary N) is 1. The van der Waals surface area contributed by atoms with E-state index >= 15 is 0 Å². The van der Waals surface area contributed by atoms with Crippen molar-refractivity contribution in [1.29, 1.82) is 0 Å². The predicted octanol–water partition coefficient (Wildman–Crippen LogP) is 5.15. The number of carbonyl (C=O) groups excluding carboxylic acids is 2. The summed E-state index contributed by atoms with van der Waals surface area (Å²) in [4.78, 5) is 25.0. The second-order valence-corrected chi connectivity index (χ2v) is 7.50. The highest BCUT2D eigenvalue weighted by molar-refractivity contribution is 6.04. The lowest BCUT2D eigenvalue weighted by Crippen LogP contribution is -2.19. The molecule has 34 heavy (non-hydrogen) atoms. The monoisotopic (exact) mass is 452 g/mol. The maximum absolute atomic E-state index is 12.8. The van der Waals surface area contributed by atoms with E-state index < -0.39 is 5.97 Å². The summed E-state index contributed by atoms with van der Waals surface area (Å²) in [6, 6.07) is 27.5. The van der Waals surface area contributed by atoms with Gasteiger partial charge in [-0.3, -0.25) is 4.79 Å². The molecule has 0 saturated heterocycles. The zero-order valence-corrected chi connectivity index (χ0v) is 18.7. The molecule has 0 bridgehead atoms. The van der Waals surface area contributed by atoms with Crippen molar-refractivity contribution >= 4 is 28.9 Å². The molecule has 0 aliphatic rings. The molecular weight excluding hydrogens is 428 g/mol. The van der Waals surface area contributed by atoms with Gasteiger partial charge >= 0.3 is 5.97 Å². The Kier molecular flexibility index (Phi) is 7.30. The molecule has 0 aromatic heterocycles. The molecule has 0 heterocycles. The van der Waals surface area contributed by atoms with E-state index in [1.54, 1.807) is 30.3 Å². The van der Waals surface area contributed by atoms with E-state index in [0.29, 0.717) is 29.2 Å². The fourth-order valence-electron chi connectivity index (χ4n) is 3.50. The number of rotatable bonds is 8. The summed E-state index contributed by atoms with van der Waals surface area (Å²) in [6.45, 7) is 2.44. The van der Waals surface area contributed by atoms with Gasteiger partial charge in [-0.1, -0.05) is 60.7 Å². The molecule has 4 aromatic carbocycles. The first-order valence-electron chi connectivity index (χ1n) is 11.0. The SMILES string of the molecule is CCOc1ccc(C(=O)Oc2ccc3ccccc3c2/C=N/NC(=O)Cc2ccccc2)cc1. The summed E-state index contributed by atoms with van der Waals surface area (Å²) in [5.74, 6) is 0.291. The molecule has 6 heteroatoms. The van der Waals surface area contributed by atoms with Crippen LogP contribution in [0.5, 0.6) is 11.5 Å². The van der Waals surface area contributed by atoms with Crippen LogP contribution in [0.4, 0.5) is 0 Å². The van der Waals surface area contributed by atoms with Gasteiger partial charge in [0.15, 0.2) is 0 Å². The predicted molar refractivity (Wildman–Crippen MR) is 132 cm³/mol. The van der Waals surface area contributed by atoms with Crippen LogP contribution in [-0.4, -0.2) is 24.7 Å². The molecule has 0 spiro atoms. The standard InChI is InChI=1S/C28H24N2O4/c1-2-33-23-15-12-22(13-16-23)28(32)34-26-17-14-21-10-6-7-11-24(21)25(26)19-29-30-27(31)18-20-8-4-3-5-9-20/h3-17,19H,2,18H2,1H3,(H,30,31)/b29-19+. The van der Waals surface area contributed by atoms with Crippen LogP contribution in [0.2, 0.25) is 0 Å². The zero-order chi connectivity index (χ0) is 23.8. The number of hydrogen-bond acceptors (Lipinski definition) is 5. The Morgan fingerprint density at radius 3 is 2.38 bits per heavy atom. The van der Waals surface area contributed by atoms with Crippen molar-refractivity contribution < 1.29 is 19.1 Å². The number of hydrazone groups is 1. The lowest BCUT2D eigenvalue weighted by atomic mass is 10.0. The van der Waals surface area contributed by atoms with E-state index in [2.05, 4.69) is 10.5 Å². The summed E-state index contributed by atoms with van der Waals surface area (Å²) in [5.41, 5.74) is 4.44. The lowest BCUT2D eigenvalue weighted by Gasteiger charge is -2.11. The van der Waals surface area contributed by atoms with Gasteiger partial charge in [0.2, 0.25) is 5.91 Å². The van der Waals surface area contributed by atoms with Crippen molar-refractivity contribution in [2.24, 2.45) is 5.10 Å². The Balaban J connectivity index is 1.54. The quantitative estimate of drug-likeness (QED) is 0.174. The second kappa shape index (κ2) is 10.9. The van der Waals surface area contributed by atoms with E-state index in [4.69, 9.17) is 9.47 Å². The molecular formula is C28H24N2O4. The van der Waals surface area contributed by atoms with Crippen LogP contribution in [0.25, 0.3) is 10.8 Å². The van der Waals surface area contributed by atoms with Crippen molar-refractivity contribution in [3.8, 4) is 11.5 Å². The van der Waals surface area contributed by atoms with Gasteiger partial charge in [-0.05, 0) is 53.6 Å². The third kappa shape index (κ3) is 5.66. The van der Waals surface area contributed by atoms with Crippen LogP contribution in [-0.2, 0) is 11.2 Å². The topological polar surface area (TPSA) is 77.0 Å². The van der Waals surface area contributed by atoms with Gasteiger partial charge in [0, 0.05) is 5.56 Å². The highest BCUT2D eigenvalue weighted by Gasteiger charge is 2.14. The summed E-state index contributed by atoms with van der Waals surface area (Å²) in [7, 11) is 0. The second-order valence-electron chi connectivity index (χ2n) is 7.50. The minimum Gasteiger partial charge on any atom is -0.494 e. The van der Waals surface area contributed by atoms with Crippen molar-refractivity contribution in [2.75, 3.05) is 6.61 Å². The van der Waals surface area contributed by atoms with Crippen molar-refractivity contribution in [3.63, 3.8) is 0 Å². The van der Waals surface area contributed by atoms with Crippen LogP contribution in [0, 0.1) is 0 Å². The van der Waals surface area contributed by atoms with Crippen LogP contribution >= 0.6 is 0 Å². The lowest BCUT2D eigenvalue weighted by molar-refractivity contribution is -0.120. The van der Waals surface area contributed by atoms with Crippen molar-refractivity contribution in [1.82, 2.24) is 5.43 Å². The minimum atomic E-state index is -0.499. The third-order valence-corrected chi connectivity index (χ3v) is 5.12. The Morgan fingerprint density at radius 1 is 0.882 bits per heavy atom. The largest absolute Gasteiger partial charge is 0.494 e. The van der Waals surface area contributed by atoms with Gasteiger partial charge in [0.25, 0.3) is 0 Å². The molecule has 1 amide bonds. The zero-order valence-electron chi connectivity index (χ0n) is 18.7. The normalized spacial score (nSPS) is 10.9. The smallest absolute Gasteiger partial charge is 0.343 e. The summed E-state index contributed by atoms with van der Waals surface area (Å²) in [6.07, 6.45) is 1.72. The van der Waals surface area contributed by atoms with Crippen LogP contribution < -0.4 is 14.9 Å². The van der Waals surface area contributed by atoms with E-state index in [1.165, 1.54) is 6.21 Å². The minimum absolute atomic E-state index is 0.216. The first-order chi connectivity index (χ1) is 16.6. The summed E-state index contributed by atoms with van der Waals surface area (Å²) >= 11 is 0. The highest BCUT2D eigenvalue weighted by Crippen LogP contribution is 2.27. The fraction of sp³-hybridized carbons (Fsp3) is 0.107. The van der Waals surface area contributed by atoms with Gasteiger partial charge in [0.1, 0.15) is 11.5 Å². The first kappa shape index (κ1) is 22.7. The van der Waals surface area contributed by atoms with Crippen molar-refractivity contribution in [3.05, 3.63) is 108 Å². The highest BCUT2D eigenvalue weighted by atomic mass is 16.5. The number of amides is 1. The van der Waals surface area contributed by atoms with Crippen LogP contribution in [0.3, 0.4) is 0 Å². The molecule has 0 unspecified atom stereocenters. The molecule has 170 valence electrons. The van der Waals surface area contributed by atoms with Crippen LogP contribution in [0.1, 0.15) is 28.4 Å². The maximum Gasteiger partial charge on any atom is 0.343 e. The Hall–Kier alpha value is -4.45. The molecule has 0 fully saturated rings. The molecule has 6 nitrogen and oxygen atoms in total. The third-order valence-electron chi connectivity index (χ3n) is 5.12. The maximum atomic E-state index is 12.8. The summed E-state index contributed by atoms with van der Waals surface area (Å²) < 4.78 is 11.1. The molecule has 4 aromatic rings. The van der Waals surface area contributed by atoms with Crippen LogP contribution in [0.15, 0.2) is 96.1 Å². The van der Waals surface area contributed by atoms with E-state index in [9.17, 15) is 9.59 Å². The molecule has 0 atom stereocenters. The molecule has 4 rings (SSSR count). The summed E-state index contributed by atoms with van der Waals surface area (Å²) in [5, 5.41) is 5.93. The molecule has 0 saturated carbocycles. The number of esters is 1. The Bertz CT molecular complexity index is 1320. The van der Waals surface area contributed by atoms with Gasteiger partial charge in [-0.2, -0.15) is 5.10 Å². The number of benzene rings is 4. The fourth-order valence-corrected chi connectivity index (χ4v) is 3.50.